The molecule has 0 saturated carbocycles. The summed E-state index contributed by atoms with van der Waals surface area (Å²) in [6, 6.07) is 3.58. The van der Waals surface area contributed by atoms with Gasteiger partial charge in [-0.3, -0.25) is 10.1 Å². The average molecular weight is 326 g/mol. The van der Waals surface area contributed by atoms with Crippen molar-refractivity contribution in [3.05, 3.63) is 45.5 Å². The maximum atomic E-state index is 13.8. The zero-order valence-electron chi connectivity index (χ0n) is 11.9. The highest BCUT2D eigenvalue weighted by molar-refractivity contribution is 7.98. The standard InChI is InChI=1S/C13H15FN4O3S/c1-2-5-17-12(7-19)15-16-13(17)22-8-9-3-4-10(18(20)21)6-11(9)14/h3-4,6,19H,2,5,7-8H2,1H3. The molecule has 0 radical (unpaired) electrons. The van der Waals surface area contributed by atoms with E-state index in [0.29, 0.717) is 23.1 Å². The van der Waals surface area contributed by atoms with Crippen molar-refractivity contribution in [3.8, 4) is 0 Å². The van der Waals surface area contributed by atoms with Gasteiger partial charge in [0.05, 0.1) is 11.0 Å². The molecule has 0 aliphatic carbocycles. The number of thioether (sulfide) groups is 1. The van der Waals surface area contributed by atoms with Gasteiger partial charge in [-0.15, -0.1) is 10.2 Å². The summed E-state index contributed by atoms with van der Waals surface area (Å²) < 4.78 is 15.6. The predicted molar refractivity (Wildman–Crippen MR) is 78.9 cm³/mol. The molecule has 0 fully saturated rings. The van der Waals surface area contributed by atoms with Gasteiger partial charge in [0.1, 0.15) is 12.4 Å². The van der Waals surface area contributed by atoms with E-state index in [1.165, 1.54) is 23.9 Å². The second kappa shape index (κ2) is 7.32. The molecule has 1 heterocycles. The first kappa shape index (κ1) is 16.4. The van der Waals surface area contributed by atoms with Crippen molar-refractivity contribution in [2.24, 2.45) is 0 Å². The zero-order chi connectivity index (χ0) is 16.1. The topological polar surface area (TPSA) is 94.1 Å². The number of benzene rings is 1. The number of nitrogens with zero attached hydrogens (tertiary/aromatic N) is 4. The normalized spacial score (nSPS) is 10.9. The van der Waals surface area contributed by atoms with Gasteiger partial charge in [-0.05, 0) is 18.1 Å². The molecule has 1 aromatic heterocycles. The molecule has 0 atom stereocenters. The largest absolute Gasteiger partial charge is 0.388 e. The number of aromatic nitrogens is 3. The fourth-order valence-corrected chi connectivity index (χ4v) is 2.87. The van der Waals surface area contributed by atoms with E-state index in [0.717, 1.165) is 12.5 Å². The second-order valence-electron chi connectivity index (χ2n) is 4.53. The van der Waals surface area contributed by atoms with Gasteiger partial charge in [-0.1, -0.05) is 18.7 Å². The Hall–Kier alpha value is -2.00. The highest BCUT2D eigenvalue weighted by Gasteiger charge is 2.14. The van der Waals surface area contributed by atoms with Crippen molar-refractivity contribution < 1.29 is 14.4 Å². The molecule has 0 amide bonds. The Morgan fingerprint density at radius 2 is 2.23 bits per heavy atom. The number of rotatable bonds is 7. The van der Waals surface area contributed by atoms with Crippen LogP contribution in [0.25, 0.3) is 0 Å². The SMILES string of the molecule is CCCn1c(CO)nnc1SCc1ccc([N+](=O)[O-])cc1F. The molecule has 0 spiro atoms. The lowest BCUT2D eigenvalue weighted by Gasteiger charge is -2.07. The highest BCUT2D eigenvalue weighted by atomic mass is 32.2. The third kappa shape index (κ3) is 3.60. The van der Waals surface area contributed by atoms with Crippen molar-refractivity contribution in [2.45, 2.75) is 37.4 Å². The van der Waals surface area contributed by atoms with Crippen molar-refractivity contribution in [1.82, 2.24) is 14.8 Å². The van der Waals surface area contributed by atoms with Crippen LogP contribution in [-0.4, -0.2) is 24.8 Å². The van der Waals surface area contributed by atoms with Gasteiger partial charge < -0.3 is 9.67 Å². The number of nitro groups is 1. The van der Waals surface area contributed by atoms with Crippen molar-refractivity contribution in [1.29, 1.82) is 0 Å². The summed E-state index contributed by atoms with van der Waals surface area (Å²) in [6.45, 7) is 2.44. The average Bonchev–Trinajstić information content (AvgIpc) is 2.88. The summed E-state index contributed by atoms with van der Waals surface area (Å²) in [5, 5.41) is 28.3. The molecule has 2 rings (SSSR count). The number of aliphatic hydroxyl groups is 1. The molecule has 0 unspecified atom stereocenters. The summed E-state index contributed by atoms with van der Waals surface area (Å²) in [5.74, 6) is 0.121. The smallest absolute Gasteiger partial charge is 0.272 e. The van der Waals surface area contributed by atoms with E-state index in [-0.39, 0.29) is 18.0 Å². The number of aliphatic hydroxyl groups excluding tert-OH is 1. The van der Waals surface area contributed by atoms with E-state index in [4.69, 9.17) is 0 Å². The molecule has 118 valence electrons. The molecule has 1 aromatic carbocycles. The fourth-order valence-electron chi connectivity index (χ4n) is 1.90. The van der Waals surface area contributed by atoms with Gasteiger partial charge >= 0.3 is 0 Å². The van der Waals surface area contributed by atoms with E-state index >= 15 is 0 Å². The molecule has 22 heavy (non-hydrogen) atoms. The van der Waals surface area contributed by atoms with Crippen LogP contribution >= 0.6 is 11.8 Å². The number of hydrogen-bond acceptors (Lipinski definition) is 6. The summed E-state index contributed by atoms with van der Waals surface area (Å²) >= 11 is 1.27. The van der Waals surface area contributed by atoms with E-state index in [9.17, 15) is 19.6 Å². The fraction of sp³-hybridized carbons (Fsp3) is 0.385. The summed E-state index contributed by atoms with van der Waals surface area (Å²) in [7, 11) is 0. The number of non-ortho nitro benzene ring substituents is 1. The van der Waals surface area contributed by atoms with Crippen LogP contribution in [-0.2, 0) is 18.9 Å². The first-order valence-corrected chi connectivity index (χ1v) is 7.64. The molecular formula is C13H15FN4O3S. The Balaban J connectivity index is 2.13. The van der Waals surface area contributed by atoms with Crippen molar-refractivity contribution in [3.63, 3.8) is 0 Å². The van der Waals surface area contributed by atoms with Crippen molar-refractivity contribution in [2.75, 3.05) is 0 Å². The van der Waals surface area contributed by atoms with Crippen LogP contribution in [0.5, 0.6) is 0 Å². The Kier molecular flexibility index (Phi) is 5.45. The highest BCUT2D eigenvalue weighted by Crippen LogP contribution is 2.25. The maximum absolute atomic E-state index is 13.8. The lowest BCUT2D eigenvalue weighted by Crippen LogP contribution is -2.05. The lowest BCUT2D eigenvalue weighted by atomic mass is 10.2. The Morgan fingerprint density at radius 3 is 2.82 bits per heavy atom. The number of nitro benzene ring substituents is 1. The van der Waals surface area contributed by atoms with Crippen LogP contribution in [0.3, 0.4) is 0 Å². The first-order valence-electron chi connectivity index (χ1n) is 6.65. The Morgan fingerprint density at radius 1 is 1.45 bits per heavy atom. The minimum absolute atomic E-state index is 0.209. The third-order valence-corrected chi connectivity index (χ3v) is 4.00. The minimum atomic E-state index is -0.634. The van der Waals surface area contributed by atoms with Gasteiger partial charge in [-0.2, -0.15) is 0 Å². The van der Waals surface area contributed by atoms with Crippen LogP contribution in [0, 0.1) is 15.9 Å². The minimum Gasteiger partial charge on any atom is -0.388 e. The van der Waals surface area contributed by atoms with E-state index in [1.807, 2.05) is 6.92 Å². The van der Waals surface area contributed by atoms with Crippen LogP contribution in [0.2, 0.25) is 0 Å². The molecule has 1 N–H and O–H groups in total. The van der Waals surface area contributed by atoms with E-state index < -0.39 is 10.7 Å². The van der Waals surface area contributed by atoms with Crippen LogP contribution in [0.15, 0.2) is 23.4 Å². The summed E-state index contributed by atoms with van der Waals surface area (Å²) in [6.07, 6.45) is 0.852. The molecule has 2 aromatic rings. The second-order valence-corrected chi connectivity index (χ2v) is 5.47. The molecule has 0 aliphatic heterocycles. The Bertz CT molecular complexity index is 677. The van der Waals surface area contributed by atoms with Crippen molar-refractivity contribution >= 4 is 17.4 Å². The van der Waals surface area contributed by atoms with Gasteiger partial charge in [0.15, 0.2) is 11.0 Å². The Labute approximate surface area is 130 Å². The molecule has 9 heteroatoms. The number of halogens is 1. The van der Waals surface area contributed by atoms with Gasteiger partial charge in [0.2, 0.25) is 0 Å². The third-order valence-electron chi connectivity index (χ3n) is 2.99. The molecule has 0 aliphatic rings. The molecular weight excluding hydrogens is 311 g/mol. The quantitative estimate of drug-likeness (QED) is 0.477. The van der Waals surface area contributed by atoms with Gasteiger partial charge in [-0.25, -0.2) is 4.39 Å². The van der Waals surface area contributed by atoms with Crippen LogP contribution in [0.1, 0.15) is 24.7 Å². The maximum Gasteiger partial charge on any atom is 0.272 e. The van der Waals surface area contributed by atoms with Gasteiger partial charge in [0, 0.05) is 18.4 Å². The first-order chi connectivity index (χ1) is 10.6. The van der Waals surface area contributed by atoms with Crippen LogP contribution < -0.4 is 0 Å². The van der Waals surface area contributed by atoms with Gasteiger partial charge in [0.25, 0.3) is 5.69 Å². The summed E-state index contributed by atoms with van der Waals surface area (Å²) in [4.78, 5) is 9.95. The predicted octanol–water partition coefficient (Wildman–Crippen LogP) is 2.52. The molecule has 0 bridgehead atoms. The molecule has 7 nitrogen and oxygen atoms in total. The monoisotopic (exact) mass is 326 g/mol. The summed E-state index contributed by atoms with van der Waals surface area (Å²) in [5.41, 5.74) is 0.0789. The lowest BCUT2D eigenvalue weighted by molar-refractivity contribution is -0.385. The van der Waals surface area contributed by atoms with Crippen LogP contribution in [0.4, 0.5) is 10.1 Å². The van der Waals surface area contributed by atoms with E-state index in [2.05, 4.69) is 10.2 Å². The number of hydrogen-bond donors (Lipinski definition) is 1. The van der Waals surface area contributed by atoms with E-state index in [1.54, 1.807) is 4.57 Å². The molecule has 0 saturated heterocycles. The zero-order valence-corrected chi connectivity index (χ0v) is 12.7.